The average Bonchev–Trinajstić information content (AvgIpc) is 2.16. The van der Waals surface area contributed by atoms with Gasteiger partial charge in [0, 0.05) is 16.5 Å². The Morgan fingerprint density at radius 1 is 1.56 bits per heavy atom. The average molecular weight is 327 g/mol. The van der Waals surface area contributed by atoms with Crippen LogP contribution in [0.5, 0.6) is 0 Å². The minimum Gasteiger partial charge on any atom is -0.243 e. The number of hydrogen-bond donors (Lipinski definition) is 0. The summed E-state index contributed by atoms with van der Waals surface area (Å²) in [5.74, 6) is 0.289. The van der Waals surface area contributed by atoms with Crippen molar-refractivity contribution >= 4 is 37.4 Å². The summed E-state index contributed by atoms with van der Waals surface area (Å²) in [7, 11) is -3.34. The highest BCUT2D eigenvalue weighted by atomic mass is 79.9. The molecule has 0 N–H and O–H groups in total. The number of aryl methyl sites for hydroxylation is 1. The minimum atomic E-state index is -3.34. The number of halogens is 2. The Morgan fingerprint density at radius 3 is 2.69 bits per heavy atom. The fourth-order valence-electron chi connectivity index (χ4n) is 1.35. The largest absolute Gasteiger partial charge is 0.243 e. The van der Waals surface area contributed by atoms with Gasteiger partial charge >= 0.3 is 0 Å². The van der Waals surface area contributed by atoms with Crippen molar-refractivity contribution in [1.29, 1.82) is 0 Å². The first kappa shape index (κ1) is 13.9. The molecule has 1 rings (SSSR count). The molecule has 1 aromatic heterocycles. The molecular formula is C10H13BrClNO2S. The second-order valence-electron chi connectivity index (χ2n) is 3.82. The van der Waals surface area contributed by atoms with E-state index in [2.05, 4.69) is 20.9 Å². The maximum atomic E-state index is 12.0. The van der Waals surface area contributed by atoms with Crippen LogP contribution in [0.3, 0.4) is 0 Å². The van der Waals surface area contributed by atoms with Gasteiger partial charge in [0.2, 0.25) is 0 Å². The number of sulfone groups is 1. The summed E-state index contributed by atoms with van der Waals surface area (Å²) >= 11 is 8.87. The molecule has 6 heteroatoms. The molecule has 0 fully saturated rings. The van der Waals surface area contributed by atoms with Gasteiger partial charge in [0.25, 0.3) is 0 Å². The smallest absolute Gasteiger partial charge is 0.196 e. The SMILES string of the molecule is Cc1cc(Br)cnc1S(=O)(=O)CC(C)CCl. The monoisotopic (exact) mass is 325 g/mol. The Hall–Kier alpha value is -0.130. The molecular weight excluding hydrogens is 314 g/mol. The van der Waals surface area contributed by atoms with E-state index in [4.69, 9.17) is 11.6 Å². The molecule has 90 valence electrons. The molecule has 16 heavy (non-hydrogen) atoms. The molecule has 0 aliphatic rings. The van der Waals surface area contributed by atoms with Crippen LogP contribution in [0.1, 0.15) is 12.5 Å². The molecule has 1 heterocycles. The van der Waals surface area contributed by atoms with E-state index in [1.165, 1.54) is 6.20 Å². The molecule has 0 saturated heterocycles. The lowest BCUT2D eigenvalue weighted by Crippen LogP contribution is -2.17. The molecule has 0 aromatic carbocycles. The molecule has 0 spiro atoms. The van der Waals surface area contributed by atoms with Crippen molar-refractivity contribution < 1.29 is 8.42 Å². The summed E-state index contributed by atoms with van der Waals surface area (Å²) in [5, 5.41) is 0.146. The lowest BCUT2D eigenvalue weighted by molar-refractivity contribution is 0.578. The van der Waals surface area contributed by atoms with Gasteiger partial charge in [-0.15, -0.1) is 11.6 Å². The van der Waals surface area contributed by atoms with Crippen LogP contribution in [-0.2, 0) is 9.84 Å². The van der Waals surface area contributed by atoms with Crippen molar-refractivity contribution in [3.05, 3.63) is 22.3 Å². The number of alkyl halides is 1. The number of hydrogen-bond acceptors (Lipinski definition) is 3. The molecule has 1 aromatic rings. The standard InChI is InChI=1S/C10H13BrClNO2S/c1-7(4-12)6-16(14,15)10-8(2)3-9(11)5-13-10/h3,5,7H,4,6H2,1-2H3. The fraction of sp³-hybridized carbons (Fsp3) is 0.500. The Morgan fingerprint density at radius 2 is 2.19 bits per heavy atom. The number of nitrogens with zero attached hydrogens (tertiary/aromatic N) is 1. The van der Waals surface area contributed by atoms with Crippen molar-refractivity contribution in [2.24, 2.45) is 5.92 Å². The second-order valence-corrected chi connectivity index (χ2v) is 6.99. The van der Waals surface area contributed by atoms with Crippen LogP contribution in [-0.4, -0.2) is 25.0 Å². The number of aromatic nitrogens is 1. The lowest BCUT2D eigenvalue weighted by Gasteiger charge is -2.10. The molecule has 0 saturated carbocycles. The zero-order chi connectivity index (χ0) is 12.3. The predicted octanol–water partition coefficient (Wildman–Crippen LogP) is 2.80. The van der Waals surface area contributed by atoms with E-state index < -0.39 is 9.84 Å². The van der Waals surface area contributed by atoms with Gasteiger partial charge in [-0.25, -0.2) is 13.4 Å². The zero-order valence-corrected chi connectivity index (χ0v) is 12.2. The predicted molar refractivity (Wildman–Crippen MR) is 68.6 cm³/mol. The van der Waals surface area contributed by atoms with Crippen LogP contribution >= 0.6 is 27.5 Å². The molecule has 0 aliphatic carbocycles. The van der Waals surface area contributed by atoms with Crippen LogP contribution < -0.4 is 0 Å². The van der Waals surface area contributed by atoms with Gasteiger partial charge in [-0.3, -0.25) is 0 Å². The van der Waals surface area contributed by atoms with E-state index in [-0.39, 0.29) is 16.7 Å². The van der Waals surface area contributed by atoms with Gasteiger partial charge in [-0.05, 0) is 40.4 Å². The molecule has 0 bridgehead atoms. The Balaban J connectivity index is 3.08. The van der Waals surface area contributed by atoms with Crippen LogP contribution in [0.2, 0.25) is 0 Å². The van der Waals surface area contributed by atoms with Gasteiger partial charge in [0.15, 0.2) is 14.9 Å². The van der Waals surface area contributed by atoms with E-state index >= 15 is 0 Å². The van der Waals surface area contributed by atoms with Gasteiger partial charge in [0.1, 0.15) is 0 Å². The van der Waals surface area contributed by atoms with Crippen LogP contribution in [0.25, 0.3) is 0 Å². The molecule has 3 nitrogen and oxygen atoms in total. The molecule has 1 unspecified atom stereocenters. The minimum absolute atomic E-state index is 0.0337. The van der Waals surface area contributed by atoms with Gasteiger partial charge in [-0.1, -0.05) is 6.92 Å². The van der Waals surface area contributed by atoms with Gasteiger partial charge in [-0.2, -0.15) is 0 Å². The Labute approximate surface area is 109 Å². The Kier molecular flexibility index (Phi) is 4.76. The number of rotatable bonds is 4. The van der Waals surface area contributed by atoms with Crippen molar-refractivity contribution in [3.8, 4) is 0 Å². The summed E-state index contributed by atoms with van der Waals surface area (Å²) in [6, 6.07) is 1.74. The van der Waals surface area contributed by atoms with Gasteiger partial charge in [0.05, 0.1) is 5.75 Å². The fourth-order valence-corrected chi connectivity index (χ4v) is 3.82. The highest BCUT2D eigenvalue weighted by Gasteiger charge is 2.21. The summed E-state index contributed by atoms with van der Waals surface area (Å²) in [5.41, 5.74) is 0.649. The lowest BCUT2D eigenvalue weighted by atomic mass is 10.3. The highest BCUT2D eigenvalue weighted by molar-refractivity contribution is 9.10. The van der Waals surface area contributed by atoms with Crippen molar-refractivity contribution in [2.75, 3.05) is 11.6 Å². The van der Waals surface area contributed by atoms with E-state index in [1.807, 2.05) is 0 Å². The maximum absolute atomic E-state index is 12.0. The maximum Gasteiger partial charge on any atom is 0.196 e. The normalized spacial score (nSPS) is 13.8. The third-order valence-corrected chi connectivity index (χ3v) is 5.04. The number of pyridine rings is 1. The van der Waals surface area contributed by atoms with E-state index in [0.717, 1.165) is 4.47 Å². The third kappa shape index (κ3) is 3.43. The summed E-state index contributed by atoms with van der Waals surface area (Å²) in [4.78, 5) is 3.96. The first-order chi connectivity index (χ1) is 7.36. The van der Waals surface area contributed by atoms with Crippen LogP contribution in [0, 0.1) is 12.8 Å². The van der Waals surface area contributed by atoms with Gasteiger partial charge < -0.3 is 0 Å². The van der Waals surface area contributed by atoms with E-state index in [0.29, 0.717) is 11.4 Å². The molecule has 0 amide bonds. The first-order valence-corrected chi connectivity index (χ1v) is 7.75. The van der Waals surface area contributed by atoms with Crippen molar-refractivity contribution in [2.45, 2.75) is 18.9 Å². The first-order valence-electron chi connectivity index (χ1n) is 4.77. The van der Waals surface area contributed by atoms with E-state index in [1.54, 1.807) is 19.9 Å². The summed E-state index contributed by atoms with van der Waals surface area (Å²) in [6.45, 7) is 3.54. The van der Waals surface area contributed by atoms with E-state index in [9.17, 15) is 8.42 Å². The molecule has 0 radical (unpaired) electrons. The Bertz CT molecular complexity index is 476. The molecule has 0 aliphatic heterocycles. The topological polar surface area (TPSA) is 47.0 Å². The highest BCUT2D eigenvalue weighted by Crippen LogP contribution is 2.19. The second kappa shape index (κ2) is 5.47. The van der Waals surface area contributed by atoms with Crippen LogP contribution in [0.4, 0.5) is 0 Å². The van der Waals surface area contributed by atoms with Crippen LogP contribution in [0.15, 0.2) is 21.8 Å². The molecule has 1 atom stereocenters. The zero-order valence-electron chi connectivity index (χ0n) is 9.07. The summed E-state index contributed by atoms with van der Waals surface area (Å²) < 4.78 is 24.8. The third-order valence-electron chi connectivity index (χ3n) is 2.06. The summed E-state index contributed by atoms with van der Waals surface area (Å²) in [6.07, 6.45) is 1.49. The quantitative estimate of drug-likeness (QED) is 0.799. The van der Waals surface area contributed by atoms with Crippen molar-refractivity contribution in [3.63, 3.8) is 0 Å². The van der Waals surface area contributed by atoms with Crippen molar-refractivity contribution in [1.82, 2.24) is 4.98 Å².